The molecule has 0 atom stereocenters. The van der Waals surface area contributed by atoms with Crippen LogP contribution >= 0.6 is 0 Å². The van der Waals surface area contributed by atoms with Crippen LogP contribution in [0.1, 0.15) is 40.5 Å². The molecule has 1 rings (SSSR count). The highest BCUT2D eigenvalue weighted by molar-refractivity contribution is 4.86. The highest BCUT2D eigenvalue weighted by atomic mass is 15.2. The van der Waals surface area contributed by atoms with Crippen molar-refractivity contribution in [2.75, 3.05) is 20.1 Å². The zero-order valence-corrected chi connectivity index (χ0v) is 10.4. The Morgan fingerprint density at radius 2 is 1.93 bits per heavy atom. The SMILES string of the molecule is CC(C)NCC(C)(C)CN(C)C1CC1. The topological polar surface area (TPSA) is 15.3 Å². The monoisotopic (exact) mass is 198 g/mol. The van der Waals surface area contributed by atoms with Gasteiger partial charge in [-0.2, -0.15) is 0 Å². The van der Waals surface area contributed by atoms with E-state index in [9.17, 15) is 0 Å². The first kappa shape index (κ1) is 12.0. The largest absolute Gasteiger partial charge is 0.314 e. The molecule has 0 aromatic carbocycles. The normalized spacial score (nSPS) is 18.2. The Morgan fingerprint density at radius 1 is 1.36 bits per heavy atom. The van der Waals surface area contributed by atoms with Crippen LogP contribution < -0.4 is 5.32 Å². The van der Waals surface area contributed by atoms with E-state index in [0.29, 0.717) is 11.5 Å². The molecule has 1 N–H and O–H groups in total. The van der Waals surface area contributed by atoms with Crippen LogP contribution in [0, 0.1) is 5.41 Å². The maximum absolute atomic E-state index is 3.52. The van der Waals surface area contributed by atoms with E-state index in [-0.39, 0.29) is 0 Å². The van der Waals surface area contributed by atoms with Crippen molar-refractivity contribution in [3.8, 4) is 0 Å². The number of hydrogen-bond acceptors (Lipinski definition) is 2. The van der Waals surface area contributed by atoms with Gasteiger partial charge < -0.3 is 10.2 Å². The molecule has 0 heterocycles. The zero-order valence-electron chi connectivity index (χ0n) is 10.4. The summed E-state index contributed by atoms with van der Waals surface area (Å²) >= 11 is 0. The van der Waals surface area contributed by atoms with Gasteiger partial charge in [-0.15, -0.1) is 0 Å². The predicted octanol–water partition coefficient (Wildman–Crippen LogP) is 2.10. The van der Waals surface area contributed by atoms with E-state index in [1.165, 1.54) is 19.4 Å². The van der Waals surface area contributed by atoms with Gasteiger partial charge in [0.15, 0.2) is 0 Å². The molecule has 14 heavy (non-hydrogen) atoms. The van der Waals surface area contributed by atoms with Gasteiger partial charge in [-0.05, 0) is 25.3 Å². The van der Waals surface area contributed by atoms with Crippen molar-refractivity contribution in [1.82, 2.24) is 10.2 Å². The van der Waals surface area contributed by atoms with E-state index < -0.39 is 0 Å². The van der Waals surface area contributed by atoms with Gasteiger partial charge in [0, 0.05) is 25.2 Å². The minimum Gasteiger partial charge on any atom is -0.314 e. The summed E-state index contributed by atoms with van der Waals surface area (Å²) in [5.74, 6) is 0. The van der Waals surface area contributed by atoms with Gasteiger partial charge in [0.2, 0.25) is 0 Å². The highest BCUT2D eigenvalue weighted by Crippen LogP contribution is 2.28. The van der Waals surface area contributed by atoms with E-state index in [0.717, 1.165) is 12.6 Å². The van der Waals surface area contributed by atoms with Crippen molar-refractivity contribution >= 4 is 0 Å². The molecule has 0 unspecified atom stereocenters. The summed E-state index contributed by atoms with van der Waals surface area (Å²) in [4.78, 5) is 2.52. The summed E-state index contributed by atoms with van der Waals surface area (Å²) in [6.07, 6.45) is 2.81. The van der Waals surface area contributed by atoms with Gasteiger partial charge in [0.1, 0.15) is 0 Å². The van der Waals surface area contributed by atoms with Gasteiger partial charge in [-0.25, -0.2) is 0 Å². The van der Waals surface area contributed by atoms with Crippen molar-refractivity contribution < 1.29 is 0 Å². The molecule has 1 aliphatic carbocycles. The van der Waals surface area contributed by atoms with E-state index in [2.05, 4.69) is 45.0 Å². The summed E-state index contributed by atoms with van der Waals surface area (Å²) < 4.78 is 0. The third-order valence-corrected chi connectivity index (χ3v) is 2.84. The second-order valence-electron chi connectivity index (χ2n) is 5.85. The van der Waals surface area contributed by atoms with Crippen molar-refractivity contribution in [2.24, 2.45) is 5.41 Å². The molecule has 84 valence electrons. The molecule has 1 saturated carbocycles. The van der Waals surface area contributed by atoms with Crippen LogP contribution in [0.15, 0.2) is 0 Å². The first-order valence-electron chi connectivity index (χ1n) is 5.84. The fraction of sp³-hybridized carbons (Fsp3) is 1.00. The fourth-order valence-electron chi connectivity index (χ4n) is 1.86. The molecule has 1 aliphatic rings. The van der Waals surface area contributed by atoms with Gasteiger partial charge in [0.05, 0.1) is 0 Å². The second kappa shape index (κ2) is 4.63. The summed E-state index contributed by atoms with van der Waals surface area (Å²) in [5, 5.41) is 3.52. The molecule has 2 nitrogen and oxygen atoms in total. The number of hydrogen-bond donors (Lipinski definition) is 1. The van der Waals surface area contributed by atoms with Crippen LogP contribution in [-0.4, -0.2) is 37.1 Å². The van der Waals surface area contributed by atoms with Crippen LogP contribution in [0.4, 0.5) is 0 Å². The Bertz CT molecular complexity index is 171. The first-order valence-corrected chi connectivity index (χ1v) is 5.84. The molecule has 0 amide bonds. The fourth-order valence-corrected chi connectivity index (χ4v) is 1.86. The lowest BCUT2D eigenvalue weighted by molar-refractivity contribution is 0.194. The van der Waals surface area contributed by atoms with Crippen LogP contribution in [0.25, 0.3) is 0 Å². The molecule has 0 aromatic heterocycles. The lowest BCUT2D eigenvalue weighted by Crippen LogP contribution is -2.41. The molecule has 0 aromatic rings. The molecule has 0 bridgehead atoms. The Balaban J connectivity index is 2.24. The summed E-state index contributed by atoms with van der Waals surface area (Å²) in [6, 6.07) is 1.48. The average Bonchev–Trinajstić information content (AvgIpc) is 2.82. The number of rotatable bonds is 6. The Hall–Kier alpha value is -0.0800. The van der Waals surface area contributed by atoms with Gasteiger partial charge in [-0.1, -0.05) is 27.7 Å². The zero-order chi connectivity index (χ0) is 10.8. The smallest absolute Gasteiger partial charge is 0.00936 e. The molecule has 2 heteroatoms. The first-order chi connectivity index (χ1) is 6.41. The maximum Gasteiger partial charge on any atom is 0.00936 e. The van der Waals surface area contributed by atoms with Gasteiger partial charge in [0.25, 0.3) is 0 Å². The number of nitrogens with one attached hydrogen (secondary N) is 1. The van der Waals surface area contributed by atoms with E-state index >= 15 is 0 Å². The van der Waals surface area contributed by atoms with Crippen LogP contribution in [0.3, 0.4) is 0 Å². The Kier molecular flexibility index (Phi) is 3.96. The van der Waals surface area contributed by atoms with Crippen molar-refractivity contribution in [3.63, 3.8) is 0 Å². The number of nitrogens with zero attached hydrogens (tertiary/aromatic N) is 1. The lowest BCUT2D eigenvalue weighted by atomic mass is 9.92. The molecular formula is C12H26N2. The molecular weight excluding hydrogens is 172 g/mol. The lowest BCUT2D eigenvalue weighted by Gasteiger charge is -2.31. The Labute approximate surface area is 89.1 Å². The van der Waals surface area contributed by atoms with Crippen LogP contribution in [0.2, 0.25) is 0 Å². The van der Waals surface area contributed by atoms with Crippen molar-refractivity contribution in [3.05, 3.63) is 0 Å². The van der Waals surface area contributed by atoms with Gasteiger partial charge >= 0.3 is 0 Å². The second-order valence-corrected chi connectivity index (χ2v) is 5.85. The van der Waals surface area contributed by atoms with Crippen LogP contribution in [-0.2, 0) is 0 Å². The molecule has 0 spiro atoms. The standard InChI is InChI=1S/C12H26N2/c1-10(2)13-8-12(3,4)9-14(5)11-6-7-11/h10-11,13H,6-9H2,1-5H3. The molecule has 1 fully saturated rings. The summed E-state index contributed by atoms with van der Waals surface area (Å²) in [7, 11) is 2.26. The highest BCUT2D eigenvalue weighted by Gasteiger charge is 2.30. The third kappa shape index (κ3) is 4.43. The van der Waals surface area contributed by atoms with Gasteiger partial charge in [-0.3, -0.25) is 0 Å². The molecule has 0 radical (unpaired) electrons. The van der Waals surface area contributed by atoms with Crippen molar-refractivity contribution in [2.45, 2.75) is 52.6 Å². The third-order valence-electron chi connectivity index (χ3n) is 2.84. The van der Waals surface area contributed by atoms with E-state index in [4.69, 9.17) is 0 Å². The quantitative estimate of drug-likeness (QED) is 0.703. The minimum atomic E-state index is 0.390. The minimum absolute atomic E-state index is 0.390. The molecule has 0 aliphatic heterocycles. The summed E-state index contributed by atoms with van der Waals surface area (Å²) in [5.41, 5.74) is 0.390. The van der Waals surface area contributed by atoms with Crippen LogP contribution in [0.5, 0.6) is 0 Å². The predicted molar refractivity (Wildman–Crippen MR) is 62.6 cm³/mol. The van der Waals surface area contributed by atoms with Crippen molar-refractivity contribution in [1.29, 1.82) is 0 Å². The van der Waals surface area contributed by atoms with E-state index in [1.54, 1.807) is 0 Å². The van der Waals surface area contributed by atoms with E-state index in [1.807, 2.05) is 0 Å². The molecule has 0 saturated heterocycles. The summed E-state index contributed by atoms with van der Waals surface area (Å²) in [6.45, 7) is 11.4. The Morgan fingerprint density at radius 3 is 2.36 bits per heavy atom. The average molecular weight is 198 g/mol. The maximum atomic E-state index is 3.52.